The smallest absolute Gasteiger partial charge is 0.341 e. The van der Waals surface area contributed by atoms with E-state index in [0.29, 0.717) is 31.5 Å². The summed E-state index contributed by atoms with van der Waals surface area (Å²) >= 11 is 3.90. The number of carbonyl (C=O) groups excluding carboxylic acids is 2. The van der Waals surface area contributed by atoms with Crippen molar-refractivity contribution in [1.29, 1.82) is 0 Å². The minimum Gasteiger partial charge on any atom is -0.462 e. The first-order valence-corrected chi connectivity index (χ1v) is 14.7. The summed E-state index contributed by atoms with van der Waals surface area (Å²) in [6.45, 7) is 5.92. The lowest BCUT2D eigenvalue weighted by atomic mass is 10.0. The molecular weight excluding hydrogens is 546 g/mol. The van der Waals surface area contributed by atoms with Crippen LogP contribution in [-0.2, 0) is 28.9 Å². The zero-order chi connectivity index (χ0) is 26.8. The van der Waals surface area contributed by atoms with Crippen LogP contribution in [0.1, 0.15) is 34.1 Å². The van der Waals surface area contributed by atoms with Gasteiger partial charge in [0.15, 0.2) is 5.16 Å². The van der Waals surface area contributed by atoms with Crippen molar-refractivity contribution in [2.75, 3.05) is 17.7 Å². The molecule has 0 fully saturated rings. The molecule has 0 spiro atoms. The molecule has 196 valence electrons. The van der Waals surface area contributed by atoms with Gasteiger partial charge in [-0.25, -0.2) is 14.2 Å². The Hall–Kier alpha value is -3.28. The van der Waals surface area contributed by atoms with Gasteiger partial charge >= 0.3 is 5.97 Å². The number of amides is 1. The molecule has 1 aliphatic carbocycles. The molecule has 0 saturated carbocycles. The fourth-order valence-electron chi connectivity index (χ4n) is 4.45. The first-order chi connectivity index (χ1) is 18.4. The van der Waals surface area contributed by atoms with Gasteiger partial charge in [-0.05, 0) is 49.4 Å². The standard InChI is InChI=1S/C27H24FN3O4S3/c1-3-12-31-25(33)21-17-6-5-7-19(17)38-24(21)30-27(31)37-14-20(32)29-23-22(26(34)35-4-2)18(13-36-23)15-8-10-16(28)11-9-15/h3,8-11,13H,1,4-7,12,14H2,2H3,(H,29,32). The Morgan fingerprint density at radius 1 is 1.29 bits per heavy atom. The van der Waals surface area contributed by atoms with E-state index in [1.54, 1.807) is 46.4 Å². The molecule has 0 unspecified atom stereocenters. The number of carbonyl (C=O) groups is 2. The number of aryl methyl sites for hydroxylation is 2. The molecule has 0 bridgehead atoms. The molecule has 0 radical (unpaired) electrons. The molecule has 1 aromatic carbocycles. The highest BCUT2D eigenvalue weighted by Crippen LogP contribution is 2.37. The van der Waals surface area contributed by atoms with Crippen LogP contribution in [0.25, 0.3) is 21.3 Å². The predicted molar refractivity (Wildman–Crippen MR) is 151 cm³/mol. The Bertz CT molecular complexity index is 1600. The summed E-state index contributed by atoms with van der Waals surface area (Å²) in [7, 11) is 0. The van der Waals surface area contributed by atoms with Gasteiger partial charge in [0.2, 0.25) is 5.91 Å². The Morgan fingerprint density at radius 2 is 2.08 bits per heavy atom. The highest BCUT2D eigenvalue weighted by Gasteiger charge is 2.25. The number of thioether (sulfide) groups is 1. The number of nitrogens with one attached hydrogen (secondary N) is 1. The zero-order valence-corrected chi connectivity index (χ0v) is 23.0. The Labute approximate surface area is 230 Å². The summed E-state index contributed by atoms with van der Waals surface area (Å²) in [5.41, 5.74) is 2.40. The highest BCUT2D eigenvalue weighted by atomic mass is 32.2. The molecule has 0 aliphatic heterocycles. The molecule has 3 heterocycles. The number of rotatable bonds is 9. The maximum Gasteiger partial charge on any atom is 0.341 e. The number of halogens is 1. The number of fused-ring (bicyclic) bond motifs is 3. The number of hydrogen-bond donors (Lipinski definition) is 1. The summed E-state index contributed by atoms with van der Waals surface area (Å²) in [4.78, 5) is 45.7. The number of aromatic nitrogens is 2. The molecule has 11 heteroatoms. The zero-order valence-electron chi connectivity index (χ0n) is 20.5. The van der Waals surface area contributed by atoms with Crippen molar-refractivity contribution in [2.24, 2.45) is 0 Å². The molecule has 4 aromatic rings. The fraction of sp³-hybridized carbons (Fsp3) is 0.259. The first kappa shape index (κ1) is 26.3. The van der Waals surface area contributed by atoms with E-state index in [1.165, 1.54) is 28.3 Å². The Morgan fingerprint density at radius 3 is 2.82 bits per heavy atom. The van der Waals surface area contributed by atoms with E-state index in [9.17, 15) is 18.8 Å². The van der Waals surface area contributed by atoms with Crippen LogP contribution < -0.4 is 10.9 Å². The molecule has 1 aliphatic rings. The Kier molecular flexibility index (Phi) is 7.78. The number of hydrogen-bond acceptors (Lipinski definition) is 8. The van der Waals surface area contributed by atoms with Gasteiger partial charge in [-0.3, -0.25) is 14.2 Å². The van der Waals surface area contributed by atoms with Crippen LogP contribution in [-0.4, -0.2) is 33.8 Å². The van der Waals surface area contributed by atoms with Crippen LogP contribution in [0.15, 0.2) is 52.3 Å². The summed E-state index contributed by atoms with van der Waals surface area (Å²) in [6.07, 6.45) is 4.54. The summed E-state index contributed by atoms with van der Waals surface area (Å²) in [5.74, 6) is -1.34. The minimum absolute atomic E-state index is 0.0216. The molecule has 5 rings (SSSR count). The number of nitrogens with zero attached hydrogens (tertiary/aromatic N) is 2. The van der Waals surface area contributed by atoms with E-state index >= 15 is 0 Å². The number of allylic oxidation sites excluding steroid dienone is 1. The summed E-state index contributed by atoms with van der Waals surface area (Å²) in [6, 6.07) is 5.77. The lowest BCUT2D eigenvalue weighted by Gasteiger charge is -2.11. The van der Waals surface area contributed by atoms with Gasteiger partial charge < -0.3 is 10.1 Å². The van der Waals surface area contributed by atoms with E-state index in [1.807, 2.05) is 0 Å². The Balaban J connectivity index is 1.39. The number of esters is 1. The van der Waals surface area contributed by atoms with Crippen LogP contribution >= 0.6 is 34.4 Å². The number of ether oxygens (including phenoxy) is 1. The molecule has 3 aromatic heterocycles. The maximum atomic E-state index is 13.4. The van der Waals surface area contributed by atoms with Crippen molar-refractivity contribution in [3.63, 3.8) is 0 Å². The van der Waals surface area contributed by atoms with Crippen LogP contribution in [0.5, 0.6) is 0 Å². The van der Waals surface area contributed by atoms with Gasteiger partial charge in [-0.2, -0.15) is 0 Å². The van der Waals surface area contributed by atoms with E-state index in [4.69, 9.17) is 9.72 Å². The SMILES string of the molecule is C=CCn1c(SCC(=O)Nc2scc(-c3ccc(F)cc3)c2C(=O)OCC)nc2sc3c(c2c1=O)CCC3. The molecule has 7 nitrogen and oxygen atoms in total. The minimum atomic E-state index is -0.575. The number of benzene rings is 1. The fourth-order valence-corrected chi connectivity index (χ4v) is 7.53. The normalized spacial score (nSPS) is 12.5. The van der Waals surface area contributed by atoms with E-state index in [2.05, 4.69) is 11.9 Å². The molecule has 0 saturated heterocycles. The highest BCUT2D eigenvalue weighted by molar-refractivity contribution is 7.99. The van der Waals surface area contributed by atoms with Crippen LogP contribution in [0.2, 0.25) is 0 Å². The molecule has 38 heavy (non-hydrogen) atoms. The van der Waals surface area contributed by atoms with Crippen LogP contribution in [0, 0.1) is 5.82 Å². The van der Waals surface area contributed by atoms with Gasteiger partial charge in [-0.15, -0.1) is 29.3 Å². The monoisotopic (exact) mass is 569 g/mol. The lowest BCUT2D eigenvalue weighted by Crippen LogP contribution is -2.24. The van der Waals surface area contributed by atoms with Gasteiger partial charge in [0.05, 0.1) is 17.7 Å². The third kappa shape index (κ3) is 5.05. The molecule has 1 N–H and O–H groups in total. The average molecular weight is 570 g/mol. The maximum absolute atomic E-state index is 13.4. The van der Waals surface area contributed by atoms with Crippen molar-refractivity contribution in [2.45, 2.75) is 37.9 Å². The van der Waals surface area contributed by atoms with Crippen molar-refractivity contribution in [3.8, 4) is 11.1 Å². The van der Waals surface area contributed by atoms with Gasteiger partial charge in [0.25, 0.3) is 5.56 Å². The molecule has 0 atom stereocenters. The second-order valence-electron chi connectivity index (χ2n) is 8.55. The second-order valence-corrected chi connectivity index (χ2v) is 11.5. The predicted octanol–water partition coefficient (Wildman–Crippen LogP) is 5.91. The summed E-state index contributed by atoms with van der Waals surface area (Å²) in [5, 5.41) is 6.01. The third-order valence-corrected chi connectivity index (χ3v) is 9.17. The number of thiophene rings is 2. The van der Waals surface area contributed by atoms with Gasteiger partial charge in [0, 0.05) is 22.4 Å². The van der Waals surface area contributed by atoms with Gasteiger partial charge in [-0.1, -0.05) is 30.0 Å². The number of anilines is 1. The van der Waals surface area contributed by atoms with Gasteiger partial charge in [0.1, 0.15) is 21.2 Å². The average Bonchev–Trinajstić information content (AvgIpc) is 3.60. The van der Waals surface area contributed by atoms with Crippen LogP contribution in [0.4, 0.5) is 9.39 Å². The molecule has 1 amide bonds. The first-order valence-electron chi connectivity index (χ1n) is 12.0. The van der Waals surface area contributed by atoms with E-state index in [-0.39, 0.29) is 41.8 Å². The molecular formula is C27H24FN3O4S3. The van der Waals surface area contributed by atoms with E-state index in [0.717, 1.165) is 36.6 Å². The second kappa shape index (κ2) is 11.2. The topological polar surface area (TPSA) is 90.3 Å². The van der Waals surface area contributed by atoms with Crippen molar-refractivity contribution in [1.82, 2.24) is 9.55 Å². The van der Waals surface area contributed by atoms with Crippen molar-refractivity contribution >= 4 is 61.5 Å². The lowest BCUT2D eigenvalue weighted by molar-refractivity contribution is -0.113. The quantitative estimate of drug-likeness (QED) is 0.117. The largest absolute Gasteiger partial charge is 0.462 e. The van der Waals surface area contributed by atoms with Crippen molar-refractivity contribution in [3.05, 3.63) is 74.5 Å². The van der Waals surface area contributed by atoms with Crippen molar-refractivity contribution < 1.29 is 18.7 Å². The van der Waals surface area contributed by atoms with E-state index < -0.39 is 5.97 Å². The van der Waals surface area contributed by atoms with Crippen LogP contribution in [0.3, 0.4) is 0 Å². The summed E-state index contributed by atoms with van der Waals surface area (Å²) < 4.78 is 20.2. The third-order valence-electron chi connectivity index (χ3n) is 6.11.